The van der Waals surface area contributed by atoms with Crippen molar-refractivity contribution in [2.24, 2.45) is 5.16 Å². The Bertz CT molecular complexity index is 488. The van der Waals surface area contributed by atoms with Gasteiger partial charge in [0.2, 0.25) is 0 Å². The lowest BCUT2D eigenvalue weighted by Crippen LogP contribution is -1.87. The summed E-state index contributed by atoms with van der Waals surface area (Å²) in [5, 5.41) is 3.72. The van der Waals surface area contributed by atoms with Crippen LogP contribution in [0.4, 0.5) is 0 Å². The quantitative estimate of drug-likeness (QED) is 0.566. The molecule has 2 rings (SSSR count). The summed E-state index contributed by atoms with van der Waals surface area (Å²) in [4.78, 5) is 5.12. The van der Waals surface area contributed by atoms with Gasteiger partial charge < -0.3 is 4.84 Å². The van der Waals surface area contributed by atoms with Crippen LogP contribution in [-0.2, 0) is 11.4 Å². The fourth-order valence-electron chi connectivity index (χ4n) is 1.64. The standard InChI is InChI=1S/C16H16NO/c1-2-12-17-18-13-14-8-10-16(11-9-14)15-6-4-3-5-7-15/h3-11H,2,13H2,1H3. The van der Waals surface area contributed by atoms with Crippen molar-refractivity contribution < 1.29 is 4.84 Å². The van der Waals surface area contributed by atoms with E-state index in [9.17, 15) is 0 Å². The first-order valence-corrected chi connectivity index (χ1v) is 6.09. The highest BCUT2D eigenvalue weighted by Gasteiger charge is 1.97. The maximum atomic E-state index is 5.12. The molecule has 0 amide bonds. The third kappa shape index (κ3) is 3.45. The van der Waals surface area contributed by atoms with Crippen LogP contribution in [0.2, 0.25) is 0 Å². The molecule has 0 N–H and O–H groups in total. The van der Waals surface area contributed by atoms with Crippen LogP contribution in [-0.4, -0.2) is 6.21 Å². The van der Waals surface area contributed by atoms with Crippen molar-refractivity contribution in [2.45, 2.75) is 20.0 Å². The van der Waals surface area contributed by atoms with Gasteiger partial charge in [-0.3, -0.25) is 0 Å². The topological polar surface area (TPSA) is 21.6 Å². The van der Waals surface area contributed by atoms with Gasteiger partial charge in [0.15, 0.2) is 0 Å². The van der Waals surface area contributed by atoms with E-state index >= 15 is 0 Å². The summed E-state index contributed by atoms with van der Waals surface area (Å²) in [6, 6.07) is 18.6. The average Bonchev–Trinajstić information content (AvgIpc) is 2.45. The van der Waals surface area contributed by atoms with Gasteiger partial charge in [0.05, 0.1) is 0 Å². The zero-order chi connectivity index (χ0) is 12.6. The van der Waals surface area contributed by atoms with E-state index < -0.39 is 0 Å². The van der Waals surface area contributed by atoms with E-state index in [1.54, 1.807) is 0 Å². The van der Waals surface area contributed by atoms with Crippen molar-refractivity contribution in [1.82, 2.24) is 0 Å². The van der Waals surface area contributed by atoms with Crippen molar-refractivity contribution in [3.8, 4) is 11.1 Å². The third-order valence-electron chi connectivity index (χ3n) is 2.58. The van der Waals surface area contributed by atoms with Gasteiger partial charge in [-0.15, -0.1) is 0 Å². The van der Waals surface area contributed by atoms with Crippen molar-refractivity contribution >= 4 is 6.21 Å². The summed E-state index contributed by atoms with van der Waals surface area (Å²) < 4.78 is 0. The normalized spacial score (nSPS) is 10.7. The largest absolute Gasteiger partial charge is 0.391 e. The minimum atomic E-state index is 0.488. The van der Waals surface area contributed by atoms with Crippen LogP contribution >= 0.6 is 0 Å². The van der Waals surface area contributed by atoms with Gasteiger partial charge in [0, 0.05) is 0 Å². The minimum absolute atomic E-state index is 0.488. The Hall–Kier alpha value is -2.09. The van der Waals surface area contributed by atoms with Gasteiger partial charge in [-0.1, -0.05) is 66.7 Å². The zero-order valence-corrected chi connectivity index (χ0v) is 10.5. The molecule has 0 unspecified atom stereocenters. The van der Waals surface area contributed by atoms with Crippen LogP contribution in [0.15, 0.2) is 59.8 Å². The Labute approximate surface area is 108 Å². The summed E-state index contributed by atoms with van der Waals surface area (Å²) in [6.07, 6.45) is 3.53. The maximum absolute atomic E-state index is 5.12. The lowest BCUT2D eigenvalue weighted by Gasteiger charge is -2.03. The predicted octanol–water partition coefficient (Wildman–Crippen LogP) is 4.14. The van der Waals surface area contributed by atoms with E-state index in [-0.39, 0.29) is 0 Å². The Morgan fingerprint density at radius 2 is 1.61 bits per heavy atom. The van der Waals surface area contributed by atoms with E-state index in [1.807, 2.05) is 25.1 Å². The molecule has 0 spiro atoms. The lowest BCUT2D eigenvalue weighted by molar-refractivity contribution is 0.131. The molecule has 0 aliphatic carbocycles. The number of hydrogen-bond donors (Lipinski definition) is 0. The summed E-state index contributed by atoms with van der Waals surface area (Å²) in [6.45, 7) is 2.46. The first-order valence-electron chi connectivity index (χ1n) is 6.09. The second-order valence-electron chi connectivity index (χ2n) is 3.94. The molecule has 18 heavy (non-hydrogen) atoms. The molecule has 1 radical (unpaired) electrons. The average molecular weight is 238 g/mol. The van der Waals surface area contributed by atoms with Crippen molar-refractivity contribution in [3.05, 3.63) is 60.2 Å². The van der Waals surface area contributed by atoms with Gasteiger partial charge >= 0.3 is 0 Å². The molecule has 0 saturated carbocycles. The SMILES string of the molecule is CC/[C]=N\OCc1ccc(-c2ccccc2)cc1. The molecule has 0 aromatic heterocycles. The summed E-state index contributed by atoms with van der Waals surface area (Å²) in [7, 11) is 0. The van der Waals surface area contributed by atoms with Crippen molar-refractivity contribution in [2.75, 3.05) is 0 Å². The van der Waals surface area contributed by atoms with Gasteiger partial charge in [-0.25, -0.2) is 0 Å². The van der Waals surface area contributed by atoms with E-state index in [0.717, 1.165) is 12.0 Å². The summed E-state index contributed by atoms with van der Waals surface area (Å²) in [5.74, 6) is 0. The smallest absolute Gasteiger partial charge is 0.142 e. The Morgan fingerprint density at radius 1 is 0.944 bits per heavy atom. The molecule has 0 aliphatic rings. The highest BCUT2D eigenvalue weighted by Crippen LogP contribution is 2.19. The van der Waals surface area contributed by atoms with Crippen LogP contribution in [0.25, 0.3) is 11.1 Å². The summed E-state index contributed by atoms with van der Waals surface area (Å²) in [5.41, 5.74) is 3.54. The number of nitrogens with zero attached hydrogens (tertiary/aromatic N) is 1. The molecule has 0 heterocycles. The zero-order valence-electron chi connectivity index (χ0n) is 10.5. The van der Waals surface area contributed by atoms with Crippen LogP contribution < -0.4 is 0 Å². The Balaban J connectivity index is 2.00. The highest BCUT2D eigenvalue weighted by atomic mass is 16.6. The second-order valence-corrected chi connectivity index (χ2v) is 3.94. The van der Waals surface area contributed by atoms with Gasteiger partial charge in [0.1, 0.15) is 12.8 Å². The molecule has 0 aliphatic heterocycles. The summed E-state index contributed by atoms with van der Waals surface area (Å²) >= 11 is 0. The van der Waals surface area contributed by atoms with Crippen LogP contribution in [0.1, 0.15) is 18.9 Å². The molecule has 0 saturated heterocycles. The molecule has 91 valence electrons. The number of rotatable bonds is 5. The molecular weight excluding hydrogens is 222 g/mol. The molecule has 0 bridgehead atoms. The van der Waals surface area contributed by atoms with E-state index in [2.05, 4.69) is 47.8 Å². The monoisotopic (exact) mass is 238 g/mol. The van der Waals surface area contributed by atoms with Gasteiger partial charge in [0.25, 0.3) is 0 Å². The fourth-order valence-corrected chi connectivity index (χ4v) is 1.64. The first kappa shape index (κ1) is 12.4. The molecule has 2 nitrogen and oxygen atoms in total. The predicted molar refractivity (Wildman–Crippen MR) is 74.4 cm³/mol. The molecule has 0 atom stereocenters. The lowest BCUT2D eigenvalue weighted by atomic mass is 10.0. The molecule has 2 heteroatoms. The Morgan fingerprint density at radius 3 is 2.28 bits per heavy atom. The van der Waals surface area contributed by atoms with Gasteiger partial charge in [-0.2, -0.15) is 0 Å². The molecular formula is C16H16NO. The molecule has 0 fully saturated rings. The van der Waals surface area contributed by atoms with Crippen LogP contribution in [0.3, 0.4) is 0 Å². The van der Waals surface area contributed by atoms with E-state index in [0.29, 0.717) is 6.61 Å². The molecule has 2 aromatic carbocycles. The third-order valence-corrected chi connectivity index (χ3v) is 2.58. The first-order chi connectivity index (χ1) is 8.90. The Kier molecular flexibility index (Phi) is 4.53. The second kappa shape index (κ2) is 6.60. The highest BCUT2D eigenvalue weighted by molar-refractivity contribution is 5.63. The van der Waals surface area contributed by atoms with Crippen molar-refractivity contribution in [3.63, 3.8) is 0 Å². The van der Waals surface area contributed by atoms with Crippen LogP contribution in [0, 0.1) is 0 Å². The van der Waals surface area contributed by atoms with Crippen molar-refractivity contribution in [1.29, 1.82) is 0 Å². The minimum Gasteiger partial charge on any atom is -0.391 e. The van der Waals surface area contributed by atoms with Gasteiger partial charge in [-0.05, 0) is 23.1 Å². The maximum Gasteiger partial charge on any atom is 0.142 e. The van der Waals surface area contributed by atoms with E-state index in [4.69, 9.17) is 4.84 Å². The van der Waals surface area contributed by atoms with E-state index in [1.165, 1.54) is 11.1 Å². The van der Waals surface area contributed by atoms with Crippen LogP contribution in [0.5, 0.6) is 0 Å². The molecule has 2 aromatic rings. The number of hydrogen-bond acceptors (Lipinski definition) is 2. The number of benzene rings is 2. The fraction of sp³-hybridized carbons (Fsp3) is 0.188.